The zero-order valence-corrected chi connectivity index (χ0v) is 15.6. The lowest BCUT2D eigenvalue weighted by Gasteiger charge is -2.28. The Bertz CT molecular complexity index is 933. The van der Waals surface area contributed by atoms with Crippen molar-refractivity contribution in [2.45, 2.75) is 43.2 Å². The van der Waals surface area contributed by atoms with Crippen LogP contribution >= 0.6 is 11.6 Å². The molecule has 0 amide bonds. The highest BCUT2D eigenvalue weighted by Crippen LogP contribution is 2.31. The summed E-state index contributed by atoms with van der Waals surface area (Å²) in [7, 11) is -3.79. The summed E-state index contributed by atoms with van der Waals surface area (Å²) in [5.74, 6) is -0.571. The molecule has 136 valence electrons. The van der Waals surface area contributed by atoms with Gasteiger partial charge in [-0.15, -0.1) is 0 Å². The highest BCUT2D eigenvalue weighted by molar-refractivity contribution is 7.89. The molecule has 7 heteroatoms. The smallest absolute Gasteiger partial charge is 0.207 e. The average Bonchev–Trinajstić information content (AvgIpc) is 3.15. The number of benzene rings is 2. The van der Waals surface area contributed by atoms with E-state index < -0.39 is 15.8 Å². The van der Waals surface area contributed by atoms with E-state index in [-0.39, 0.29) is 28.6 Å². The summed E-state index contributed by atoms with van der Waals surface area (Å²) in [6.45, 7) is -0.0623. The molecule has 0 heterocycles. The van der Waals surface area contributed by atoms with Gasteiger partial charge in [0, 0.05) is 23.2 Å². The van der Waals surface area contributed by atoms with Gasteiger partial charge >= 0.3 is 0 Å². The Morgan fingerprint density at radius 1 is 1.15 bits per heavy atom. The lowest BCUT2D eigenvalue weighted by molar-refractivity contribution is 0.312. The topological polar surface area (TPSA) is 61.2 Å². The van der Waals surface area contributed by atoms with Gasteiger partial charge in [0.25, 0.3) is 0 Å². The number of nitrogens with zero attached hydrogens (tertiary/aromatic N) is 2. The molecule has 0 atom stereocenters. The predicted molar refractivity (Wildman–Crippen MR) is 97.6 cm³/mol. The molecule has 0 aliphatic heterocycles. The van der Waals surface area contributed by atoms with E-state index in [1.165, 1.54) is 40.7 Å². The fourth-order valence-electron chi connectivity index (χ4n) is 3.26. The molecule has 2 aromatic rings. The van der Waals surface area contributed by atoms with E-state index in [4.69, 9.17) is 16.9 Å². The van der Waals surface area contributed by atoms with Gasteiger partial charge in [0.15, 0.2) is 0 Å². The van der Waals surface area contributed by atoms with Gasteiger partial charge in [-0.1, -0.05) is 30.5 Å². The van der Waals surface area contributed by atoms with Crippen LogP contribution in [0.15, 0.2) is 47.4 Å². The van der Waals surface area contributed by atoms with E-state index in [0.717, 1.165) is 31.7 Å². The lowest BCUT2D eigenvalue weighted by atomic mass is 10.1. The van der Waals surface area contributed by atoms with Gasteiger partial charge in [-0.05, 0) is 49.2 Å². The Labute approximate surface area is 157 Å². The van der Waals surface area contributed by atoms with E-state index in [1.54, 1.807) is 0 Å². The lowest BCUT2D eigenvalue weighted by Crippen LogP contribution is -2.38. The van der Waals surface area contributed by atoms with E-state index in [9.17, 15) is 12.8 Å². The van der Waals surface area contributed by atoms with Crippen LogP contribution in [0.4, 0.5) is 4.39 Å². The van der Waals surface area contributed by atoms with Crippen LogP contribution in [0.5, 0.6) is 0 Å². The summed E-state index contributed by atoms with van der Waals surface area (Å²) >= 11 is 5.86. The second-order valence-electron chi connectivity index (χ2n) is 6.36. The van der Waals surface area contributed by atoms with Gasteiger partial charge in [-0.3, -0.25) is 0 Å². The molecule has 0 spiro atoms. The summed E-state index contributed by atoms with van der Waals surface area (Å²) in [5, 5.41) is 9.33. The summed E-state index contributed by atoms with van der Waals surface area (Å²) in [6.07, 6.45) is 3.41. The molecule has 1 fully saturated rings. The maximum absolute atomic E-state index is 14.3. The summed E-state index contributed by atoms with van der Waals surface area (Å²) in [5.41, 5.74) is 0.465. The van der Waals surface area contributed by atoms with Crippen molar-refractivity contribution in [1.82, 2.24) is 4.31 Å². The van der Waals surface area contributed by atoms with E-state index >= 15 is 0 Å². The first-order valence-electron chi connectivity index (χ1n) is 8.38. The predicted octanol–water partition coefficient (Wildman–Crippen LogP) is 4.48. The van der Waals surface area contributed by atoms with E-state index in [0.29, 0.717) is 5.02 Å². The Balaban J connectivity index is 1.98. The second kappa shape index (κ2) is 7.75. The molecule has 3 rings (SSSR count). The molecule has 0 N–H and O–H groups in total. The fourth-order valence-corrected chi connectivity index (χ4v) is 5.05. The monoisotopic (exact) mass is 392 g/mol. The minimum atomic E-state index is -3.79. The van der Waals surface area contributed by atoms with Crippen molar-refractivity contribution in [2.24, 2.45) is 0 Å². The van der Waals surface area contributed by atoms with Gasteiger partial charge < -0.3 is 0 Å². The summed E-state index contributed by atoms with van der Waals surface area (Å²) in [4.78, 5) is 0.142. The molecule has 0 aromatic heterocycles. The molecule has 2 aromatic carbocycles. The molecule has 0 radical (unpaired) electrons. The van der Waals surface area contributed by atoms with Crippen molar-refractivity contribution in [3.8, 4) is 6.07 Å². The Morgan fingerprint density at radius 3 is 2.38 bits per heavy atom. The van der Waals surface area contributed by atoms with Crippen LogP contribution in [0.3, 0.4) is 0 Å². The summed E-state index contributed by atoms with van der Waals surface area (Å²) < 4.78 is 42.1. The van der Waals surface area contributed by atoms with Crippen LogP contribution in [0.1, 0.15) is 36.8 Å². The fraction of sp³-hybridized carbons (Fsp3) is 0.316. The van der Waals surface area contributed by atoms with Crippen molar-refractivity contribution < 1.29 is 12.8 Å². The zero-order valence-electron chi connectivity index (χ0n) is 14.0. The number of nitriles is 1. The first kappa shape index (κ1) is 18.8. The normalized spacial score (nSPS) is 15.3. The van der Waals surface area contributed by atoms with E-state index in [1.807, 2.05) is 6.07 Å². The molecule has 26 heavy (non-hydrogen) atoms. The highest BCUT2D eigenvalue weighted by atomic mass is 35.5. The first-order valence-corrected chi connectivity index (χ1v) is 10.2. The van der Waals surface area contributed by atoms with Crippen LogP contribution in [0.2, 0.25) is 5.02 Å². The SMILES string of the molecule is N#Cc1ccc(CN(C2CCCC2)S(=O)(=O)c2ccc(Cl)cc2)c(F)c1. The van der Waals surface area contributed by atoms with Crippen LogP contribution < -0.4 is 0 Å². The maximum atomic E-state index is 14.3. The van der Waals surface area contributed by atoms with Crippen molar-refractivity contribution in [3.05, 3.63) is 64.4 Å². The van der Waals surface area contributed by atoms with Crippen LogP contribution in [0.25, 0.3) is 0 Å². The molecule has 1 aliphatic carbocycles. The Morgan fingerprint density at radius 2 is 1.81 bits per heavy atom. The average molecular weight is 393 g/mol. The molecule has 0 saturated heterocycles. The molecular formula is C19H18ClFN2O2S. The number of halogens is 2. The summed E-state index contributed by atoms with van der Waals surface area (Å²) in [6, 6.07) is 11.8. The molecular weight excluding hydrogens is 375 g/mol. The van der Waals surface area contributed by atoms with Gasteiger partial charge in [-0.25, -0.2) is 12.8 Å². The zero-order chi connectivity index (χ0) is 18.7. The number of sulfonamides is 1. The van der Waals surface area contributed by atoms with Crippen molar-refractivity contribution in [3.63, 3.8) is 0 Å². The molecule has 0 unspecified atom stereocenters. The first-order chi connectivity index (χ1) is 12.4. The highest BCUT2D eigenvalue weighted by Gasteiger charge is 2.33. The molecule has 0 bridgehead atoms. The third-order valence-electron chi connectivity index (χ3n) is 4.66. The Kier molecular flexibility index (Phi) is 5.61. The van der Waals surface area contributed by atoms with Gasteiger partial charge in [-0.2, -0.15) is 9.57 Å². The van der Waals surface area contributed by atoms with Crippen LogP contribution in [0, 0.1) is 17.1 Å². The number of rotatable bonds is 5. The quantitative estimate of drug-likeness (QED) is 0.753. The van der Waals surface area contributed by atoms with Crippen molar-refractivity contribution >= 4 is 21.6 Å². The Hall–Kier alpha value is -1.94. The molecule has 1 saturated carbocycles. The maximum Gasteiger partial charge on any atom is 0.243 e. The van der Waals surface area contributed by atoms with Crippen LogP contribution in [-0.4, -0.2) is 18.8 Å². The minimum Gasteiger partial charge on any atom is -0.207 e. The van der Waals surface area contributed by atoms with Crippen molar-refractivity contribution in [1.29, 1.82) is 5.26 Å². The van der Waals surface area contributed by atoms with Gasteiger partial charge in [0.05, 0.1) is 16.5 Å². The van der Waals surface area contributed by atoms with Gasteiger partial charge in [0.1, 0.15) is 5.82 Å². The minimum absolute atomic E-state index is 0.0623. The molecule has 1 aliphatic rings. The molecule has 4 nitrogen and oxygen atoms in total. The third kappa shape index (κ3) is 3.90. The second-order valence-corrected chi connectivity index (χ2v) is 8.69. The number of hydrogen-bond donors (Lipinski definition) is 0. The van der Waals surface area contributed by atoms with E-state index in [2.05, 4.69) is 0 Å². The van der Waals surface area contributed by atoms with Gasteiger partial charge in [0.2, 0.25) is 10.0 Å². The number of hydrogen-bond acceptors (Lipinski definition) is 3. The van der Waals surface area contributed by atoms with Crippen LogP contribution in [-0.2, 0) is 16.6 Å². The standard InChI is InChI=1S/C19H18ClFN2O2S/c20-16-7-9-18(10-8-16)26(24,25)23(17-3-1-2-4-17)13-15-6-5-14(12-22)11-19(15)21/h5-11,17H,1-4,13H2. The third-order valence-corrected chi connectivity index (χ3v) is 6.83. The van der Waals surface area contributed by atoms with Crippen molar-refractivity contribution in [2.75, 3.05) is 0 Å². The largest absolute Gasteiger partial charge is 0.243 e.